The lowest BCUT2D eigenvalue weighted by atomic mass is 9.99. The first kappa shape index (κ1) is 10.4. The first-order valence-corrected chi connectivity index (χ1v) is 4.77. The van der Waals surface area contributed by atoms with Crippen LogP contribution in [-0.4, -0.2) is 16.7 Å². The molecule has 0 aliphatic carbocycles. The van der Waals surface area contributed by atoms with Crippen LogP contribution in [0.25, 0.3) is 11.0 Å². The topological polar surface area (TPSA) is 67.5 Å². The minimum absolute atomic E-state index is 0.104. The molecule has 0 amide bonds. The SMILES string of the molecule is CC(=O)c1cc2occc2c(C(C)=O)c1O. The molecule has 0 bridgehead atoms. The Morgan fingerprint density at radius 1 is 1.25 bits per heavy atom. The highest BCUT2D eigenvalue weighted by Gasteiger charge is 2.19. The van der Waals surface area contributed by atoms with Crippen molar-refractivity contribution in [2.75, 3.05) is 0 Å². The van der Waals surface area contributed by atoms with Gasteiger partial charge in [0.1, 0.15) is 11.3 Å². The number of benzene rings is 1. The maximum absolute atomic E-state index is 11.4. The summed E-state index contributed by atoms with van der Waals surface area (Å²) in [6.07, 6.45) is 1.42. The number of aromatic hydroxyl groups is 1. The fraction of sp³-hybridized carbons (Fsp3) is 0.167. The maximum Gasteiger partial charge on any atom is 0.164 e. The molecule has 2 rings (SSSR count). The Hall–Kier alpha value is -2.10. The number of furan rings is 1. The molecule has 0 unspecified atom stereocenters. The van der Waals surface area contributed by atoms with E-state index in [2.05, 4.69) is 0 Å². The molecule has 82 valence electrons. The van der Waals surface area contributed by atoms with Gasteiger partial charge in [-0.1, -0.05) is 0 Å². The number of rotatable bonds is 2. The molecule has 0 atom stereocenters. The highest BCUT2D eigenvalue weighted by molar-refractivity contribution is 6.13. The lowest BCUT2D eigenvalue weighted by Crippen LogP contribution is -2.00. The van der Waals surface area contributed by atoms with Gasteiger partial charge in [-0.25, -0.2) is 0 Å². The molecule has 0 radical (unpaired) electrons. The predicted molar refractivity (Wildman–Crippen MR) is 57.9 cm³/mol. The Kier molecular flexibility index (Phi) is 2.27. The highest BCUT2D eigenvalue weighted by Crippen LogP contribution is 2.32. The predicted octanol–water partition coefficient (Wildman–Crippen LogP) is 2.54. The number of Topliss-reactive ketones (excluding diaryl/α,β-unsaturated/α-hetero) is 2. The van der Waals surface area contributed by atoms with Gasteiger partial charge in [0.15, 0.2) is 11.6 Å². The van der Waals surface area contributed by atoms with E-state index in [1.54, 1.807) is 6.07 Å². The molecular weight excluding hydrogens is 208 g/mol. The van der Waals surface area contributed by atoms with Crippen LogP contribution in [0.15, 0.2) is 22.8 Å². The summed E-state index contributed by atoms with van der Waals surface area (Å²) in [4.78, 5) is 22.7. The van der Waals surface area contributed by atoms with Crippen molar-refractivity contribution in [3.05, 3.63) is 29.5 Å². The summed E-state index contributed by atoms with van der Waals surface area (Å²) in [5, 5.41) is 10.4. The Bertz CT molecular complexity index is 592. The molecule has 4 nitrogen and oxygen atoms in total. The number of phenols is 1. The molecule has 0 fully saturated rings. The quantitative estimate of drug-likeness (QED) is 0.786. The summed E-state index contributed by atoms with van der Waals surface area (Å²) >= 11 is 0. The Morgan fingerprint density at radius 3 is 2.50 bits per heavy atom. The van der Waals surface area contributed by atoms with E-state index in [1.165, 1.54) is 26.2 Å². The fourth-order valence-corrected chi connectivity index (χ4v) is 1.73. The number of carbonyl (C=O) groups is 2. The molecule has 1 heterocycles. The van der Waals surface area contributed by atoms with E-state index >= 15 is 0 Å². The van der Waals surface area contributed by atoms with E-state index in [-0.39, 0.29) is 28.4 Å². The van der Waals surface area contributed by atoms with Crippen LogP contribution >= 0.6 is 0 Å². The van der Waals surface area contributed by atoms with E-state index in [0.717, 1.165) is 0 Å². The van der Waals surface area contributed by atoms with Crippen molar-refractivity contribution in [2.24, 2.45) is 0 Å². The van der Waals surface area contributed by atoms with E-state index in [4.69, 9.17) is 4.42 Å². The van der Waals surface area contributed by atoms with Crippen molar-refractivity contribution in [2.45, 2.75) is 13.8 Å². The van der Waals surface area contributed by atoms with Gasteiger partial charge in [-0.05, 0) is 26.0 Å². The normalized spacial score (nSPS) is 10.6. The lowest BCUT2D eigenvalue weighted by molar-refractivity contribution is 0.101. The van der Waals surface area contributed by atoms with Crippen molar-refractivity contribution in [1.29, 1.82) is 0 Å². The van der Waals surface area contributed by atoms with Crippen molar-refractivity contribution < 1.29 is 19.1 Å². The van der Waals surface area contributed by atoms with Crippen LogP contribution in [-0.2, 0) is 0 Å². The lowest BCUT2D eigenvalue weighted by Gasteiger charge is -2.06. The van der Waals surface area contributed by atoms with Crippen molar-refractivity contribution in [1.82, 2.24) is 0 Å². The second-order valence-corrected chi connectivity index (χ2v) is 3.59. The van der Waals surface area contributed by atoms with Crippen LogP contribution in [0, 0.1) is 0 Å². The minimum atomic E-state index is -0.307. The molecule has 16 heavy (non-hydrogen) atoms. The van der Waals surface area contributed by atoms with Gasteiger partial charge < -0.3 is 9.52 Å². The third-order valence-corrected chi connectivity index (χ3v) is 2.46. The number of fused-ring (bicyclic) bond motifs is 1. The average molecular weight is 218 g/mol. The maximum atomic E-state index is 11.4. The molecule has 0 aliphatic rings. The van der Waals surface area contributed by atoms with Crippen molar-refractivity contribution >= 4 is 22.5 Å². The third kappa shape index (κ3) is 1.39. The number of carbonyl (C=O) groups excluding carboxylic acids is 2. The van der Waals surface area contributed by atoms with Gasteiger partial charge >= 0.3 is 0 Å². The van der Waals surface area contributed by atoms with Crippen LogP contribution in [0.1, 0.15) is 34.6 Å². The second kappa shape index (κ2) is 3.48. The van der Waals surface area contributed by atoms with E-state index in [0.29, 0.717) is 11.0 Å². The van der Waals surface area contributed by atoms with Crippen LogP contribution in [0.2, 0.25) is 0 Å². The van der Waals surface area contributed by atoms with E-state index < -0.39 is 0 Å². The first-order valence-electron chi connectivity index (χ1n) is 4.77. The highest BCUT2D eigenvalue weighted by atomic mass is 16.3. The summed E-state index contributed by atoms with van der Waals surface area (Å²) in [6.45, 7) is 2.67. The van der Waals surface area contributed by atoms with Gasteiger partial charge in [0.25, 0.3) is 0 Å². The summed E-state index contributed by atoms with van der Waals surface area (Å²) < 4.78 is 5.14. The molecule has 2 aromatic rings. The molecule has 0 saturated heterocycles. The second-order valence-electron chi connectivity index (χ2n) is 3.59. The summed E-state index contributed by atoms with van der Waals surface area (Å²) in [6, 6.07) is 3.04. The van der Waals surface area contributed by atoms with Gasteiger partial charge in [-0.15, -0.1) is 0 Å². The molecule has 0 saturated carbocycles. The molecule has 1 aromatic carbocycles. The van der Waals surface area contributed by atoms with Gasteiger partial charge in [0.05, 0.1) is 17.4 Å². The molecular formula is C12H10O4. The number of ketones is 2. The van der Waals surface area contributed by atoms with Gasteiger partial charge in [0.2, 0.25) is 0 Å². The molecule has 1 N–H and O–H groups in total. The summed E-state index contributed by atoms with van der Waals surface area (Å²) in [5.74, 6) is -0.876. The third-order valence-electron chi connectivity index (χ3n) is 2.46. The number of phenolic OH excluding ortho intramolecular Hbond substituents is 1. The Balaban J connectivity index is 2.92. The molecule has 0 spiro atoms. The van der Waals surface area contributed by atoms with E-state index in [1.807, 2.05) is 0 Å². The molecule has 4 heteroatoms. The number of hydrogen-bond acceptors (Lipinski definition) is 4. The Morgan fingerprint density at radius 2 is 1.94 bits per heavy atom. The van der Waals surface area contributed by atoms with Crippen molar-refractivity contribution in [3.63, 3.8) is 0 Å². The zero-order valence-electron chi connectivity index (χ0n) is 8.90. The van der Waals surface area contributed by atoms with Gasteiger partial charge in [-0.3, -0.25) is 9.59 Å². The zero-order valence-corrected chi connectivity index (χ0v) is 8.90. The average Bonchev–Trinajstić information content (AvgIpc) is 2.62. The Labute approximate surface area is 91.5 Å². The fourth-order valence-electron chi connectivity index (χ4n) is 1.73. The van der Waals surface area contributed by atoms with Gasteiger partial charge in [0, 0.05) is 5.39 Å². The molecule has 0 aliphatic heterocycles. The van der Waals surface area contributed by atoms with Crippen LogP contribution in [0.5, 0.6) is 5.75 Å². The smallest absolute Gasteiger partial charge is 0.164 e. The largest absolute Gasteiger partial charge is 0.506 e. The summed E-state index contributed by atoms with van der Waals surface area (Å²) in [7, 11) is 0. The van der Waals surface area contributed by atoms with E-state index in [9.17, 15) is 14.7 Å². The monoisotopic (exact) mass is 218 g/mol. The van der Waals surface area contributed by atoms with Crippen LogP contribution in [0.3, 0.4) is 0 Å². The minimum Gasteiger partial charge on any atom is -0.506 e. The van der Waals surface area contributed by atoms with Crippen LogP contribution in [0.4, 0.5) is 0 Å². The van der Waals surface area contributed by atoms with Crippen LogP contribution < -0.4 is 0 Å². The zero-order chi connectivity index (χ0) is 11.9. The van der Waals surface area contributed by atoms with Gasteiger partial charge in [-0.2, -0.15) is 0 Å². The number of hydrogen-bond donors (Lipinski definition) is 1. The summed E-state index contributed by atoms with van der Waals surface area (Å²) in [5.41, 5.74) is 0.664. The van der Waals surface area contributed by atoms with Crippen molar-refractivity contribution in [3.8, 4) is 5.75 Å². The molecule has 1 aromatic heterocycles. The standard InChI is InChI=1S/C12H10O4/c1-6(13)9-5-10-8(3-4-16-10)11(7(2)14)12(9)15/h3-5,15H,1-2H3. The first-order chi connectivity index (χ1) is 7.52.